The van der Waals surface area contributed by atoms with Crippen LogP contribution in [0.3, 0.4) is 0 Å². The van der Waals surface area contributed by atoms with Crippen LogP contribution in [0, 0.1) is 5.92 Å². The van der Waals surface area contributed by atoms with Gasteiger partial charge in [0.15, 0.2) is 0 Å². The highest BCUT2D eigenvalue weighted by molar-refractivity contribution is 5.86. The Kier molecular flexibility index (Phi) is 7.03. The molecule has 162 valence electrons. The van der Waals surface area contributed by atoms with E-state index in [1.165, 1.54) is 19.3 Å². The van der Waals surface area contributed by atoms with Crippen molar-refractivity contribution >= 4 is 22.7 Å². The van der Waals surface area contributed by atoms with Gasteiger partial charge in [0.2, 0.25) is 11.8 Å². The summed E-state index contributed by atoms with van der Waals surface area (Å²) in [6.45, 7) is 0.504. The Labute approximate surface area is 183 Å². The van der Waals surface area contributed by atoms with Crippen LogP contribution in [0.25, 0.3) is 10.9 Å². The molecule has 1 fully saturated rings. The Morgan fingerprint density at radius 3 is 2.45 bits per heavy atom. The summed E-state index contributed by atoms with van der Waals surface area (Å²) in [5, 5.41) is 6.98. The molecule has 5 heteroatoms. The Morgan fingerprint density at radius 2 is 1.65 bits per heavy atom. The van der Waals surface area contributed by atoms with Crippen LogP contribution in [0.1, 0.15) is 55.6 Å². The first-order chi connectivity index (χ1) is 15.2. The number of para-hydroxylation sites is 1. The molecule has 1 aliphatic rings. The van der Waals surface area contributed by atoms with E-state index < -0.39 is 0 Å². The van der Waals surface area contributed by atoms with Crippen LogP contribution in [-0.4, -0.2) is 29.9 Å². The molecular formula is C26H31N3O2. The maximum Gasteiger partial charge on any atom is 0.239 e. The summed E-state index contributed by atoms with van der Waals surface area (Å²) < 4.78 is 0. The summed E-state index contributed by atoms with van der Waals surface area (Å²) in [6.07, 6.45) is 8.53. The van der Waals surface area contributed by atoms with Gasteiger partial charge in [0.1, 0.15) is 0 Å². The van der Waals surface area contributed by atoms with E-state index in [0.717, 1.165) is 34.9 Å². The Morgan fingerprint density at radius 1 is 0.903 bits per heavy atom. The van der Waals surface area contributed by atoms with Crippen LogP contribution < -0.4 is 10.6 Å². The third kappa shape index (κ3) is 5.54. The van der Waals surface area contributed by atoms with Gasteiger partial charge in [-0.15, -0.1) is 0 Å². The highest BCUT2D eigenvalue weighted by atomic mass is 16.2. The van der Waals surface area contributed by atoms with E-state index >= 15 is 0 Å². The summed E-state index contributed by atoms with van der Waals surface area (Å²) in [6, 6.07) is 18.4. The molecule has 1 aromatic heterocycles. The zero-order chi connectivity index (χ0) is 21.5. The monoisotopic (exact) mass is 417 g/mol. The zero-order valence-electron chi connectivity index (χ0n) is 17.9. The smallest absolute Gasteiger partial charge is 0.239 e. The summed E-state index contributed by atoms with van der Waals surface area (Å²) >= 11 is 0. The second kappa shape index (κ2) is 10.3. The molecule has 1 heterocycles. The normalized spacial score (nSPS) is 15.5. The maximum absolute atomic E-state index is 12.5. The molecule has 4 rings (SSSR count). The standard InChI is InChI=1S/C26H31N3O2/c30-25(15-19-9-3-1-4-10-19)29-18-26(31)28-16-22(20-11-5-2-6-12-20)23-17-27-24-14-8-7-13-21(23)24/h2,5-8,11-14,17,19,22,27H,1,3-4,9-10,15-16,18H2,(H,28,31)(H,29,30). The lowest BCUT2D eigenvalue weighted by Gasteiger charge is -2.21. The van der Waals surface area contributed by atoms with Crippen LogP contribution in [0.15, 0.2) is 60.8 Å². The quantitative estimate of drug-likeness (QED) is 0.505. The molecule has 0 aliphatic heterocycles. The van der Waals surface area contributed by atoms with Crippen LogP contribution in [0.5, 0.6) is 0 Å². The Balaban J connectivity index is 1.36. The highest BCUT2D eigenvalue weighted by Crippen LogP contribution is 2.30. The van der Waals surface area contributed by atoms with Gasteiger partial charge in [-0.05, 0) is 36.0 Å². The first-order valence-corrected chi connectivity index (χ1v) is 11.3. The molecule has 0 saturated heterocycles. The van der Waals surface area contributed by atoms with Crippen LogP contribution >= 0.6 is 0 Å². The number of hydrogen-bond donors (Lipinski definition) is 3. The molecule has 1 saturated carbocycles. The topological polar surface area (TPSA) is 74.0 Å². The van der Waals surface area contributed by atoms with Crippen LogP contribution in [0.2, 0.25) is 0 Å². The molecule has 0 radical (unpaired) electrons. The van der Waals surface area contributed by atoms with Gasteiger partial charge in [0, 0.05) is 36.0 Å². The fourth-order valence-corrected chi connectivity index (χ4v) is 4.66. The number of aromatic amines is 1. The average Bonchev–Trinajstić information content (AvgIpc) is 3.23. The van der Waals surface area contributed by atoms with Gasteiger partial charge >= 0.3 is 0 Å². The van der Waals surface area contributed by atoms with E-state index in [1.54, 1.807) is 0 Å². The molecule has 1 atom stereocenters. The van der Waals surface area contributed by atoms with Gasteiger partial charge in [0.05, 0.1) is 6.54 Å². The van der Waals surface area contributed by atoms with E-state index in [2.05, 4.69) is 39.9 Å². The molecule has 31 heavy (non-hydrogen) atoms. The number of nitrogens with one attached hydrogen (secondary N) is 3. The molecule has 0 spiro atoms. The first-order valence-electron chi connectivity index (χ1n) is 11.3. The number of rotatable bonds is 8. The van der Waals surface area contributed by atoms with Gasteiger partial charge in [-0.1, -0.05) is 67.8 Å². The summed E-state index contributed by atoms with van der Waals surface area (Å²) in [5.41, 5.74) is 3.39. The second-order valence-corrected chi connectivity index (χ2v) is 8.54. The molecule has 1 aliphatic carbocycles. The predicted octanol–water partition coefficient (Wildman–Crippen LogP) is 4.50. The number of hydrogen-bond acceptors (Lipinski definition) is 2. The van der Waals surface area contributed by atoms with Crippen molar-refractivity contribution in [1.29, 1.82) is 0 Å². The van der Waals surface area contributed by atoms with E-state index in [-0.39, 0.29) is 24.3 Å². The maximum atomic E-state index is 12.5. The average molecular weight is 418 g/mol. The largest absolute Gasteiger partial charge is 0.361 e. The second-order valence-electron chi connectivity index (χ2n) is 8.54. The molecule has 3 aromatic rings. The van der Waals surface area contributed by atoms with E-state index in [4.69, 9.17) is 0 Å². The van der Waals surface area contributed by atoms with E-state index in [9.17, 15) is 9.59 Å². The Hall–Kier alpha value is -3.08. The number of benzene rings is 2. The van der Waals surface area contributed by atoms with E-state index in [0.29, 0.717) is 18.9 Å². The van der Waals surface area contributed by atoms with Gasteiger partial charge in [-0.3, -0.25) is 9.59 Å². The number of amides is 2. The van der Waals surface area contributed by atoms with Crippen molar-refractivity contribution in [1.82, 2.24) is 15.6 Å². The first kappa shape index (κ1) is 21.2. The van der Waals surface area contributed by atoms with Gasteiger partial charge < -0.3 is 15.6 Å². The number of H-pyrrole nitrogens is 1. The third-order valence-corrected chi connectivity index (χ3v) is 6.35. The minimum atomic E-state index is -0.155. The fraction of sp³-hybridized carbons (Fsp3) is 0.385. The van der Waals surface area contributed by atoms with Crippen LogP contribution in [-0.2, 0) is 9.59 Å². The highest BCUT2D eigenvalue weighted by Gasteiger charge is 2.20. The zero-order valence-corrected chi connectivity index (χ0v) is 17.9. The molecule has 5 nitrogen and oxygen atoms in total. The molecule has 3 N–H and O–H groups in total. The van der Waals surface area contributed by atoms with Gasteiger partial charge in [0.25, 0.3) is 0 Å². The molecule has 1 unspecified atom stereocenters. The number of aromatic nitrogens is 1. The van der Waals surface area contributed by atoms with Gasteiger partial charge in [-0.25, -0.2) is 0 Å². The molecule has 2 aromatic carbocycles. The summed E-state index contributed by atoms with van der Waals surface area (Å²) in [4.78, 5) is 28.0. The van der Waals surface area contributed by atoms with Crippen molar-refractivity contribution in [3.63, 3.8) is 0 Å². The summed E-state index contributed by atoms with van der Waals surface area (Å²) in [5.74, 6) is 0.330. The SMILES string of the molecule is O=C(CNC(=O)CC1CCCCC1)NCC(c1ccccc1)c1c[nH]c2ccccc12. The minimum Gasteiger partial charge on any atom is -0.361 e. The van der Waals surface area contributed by atoms with Gasteiger partial charge in [-0.2, -0.15) is 0 Å². The lowest BCUT2D eigenvalue weighted by molar-refractivity contribution is -0.126. The lowest BCUT2D eigenvalue weighted by atomic mass is 9.87. The van der Waals surface area contributed by atoms with Crippen molar-refractivity contribution in [2.45, 2.75) is 44.4 Å². The predicted molar refractivity (Wildman–Crippen MR) is 124 cm³/mol. The molecular weight excluding hydrogens is 386 g/mol. The molecule has 2 amide bonds. The fourth-order valence-electron chi connectivity index (χ4n) is 4.66. The lowest BCUT2D eigenvalue weighted by Crippen LogP contribution is -2.39. The van der Waals surface area contributed by atoms with Crippen molar-refractivity contribution in [3.05, 3.63) is 71.9 Å². The number of carbonyl (C=O) groups excluding carboxylic acids is 2. The van der Waals surface area contributed by atoms with Crippen molar-refractivity contribution in [2.24, 2.45) is 5.92 Å². The summed E-state index contributed by atoms with van der Waals surface area (Å²) in [7, 11) is 0. The van der Waals surface area contributed by atoms with Crippen LogP contribution in [0.4, 0.5) is 0 Å². The third-order valence-electron chi connectivity index (χ3n) is 6.35. The molecule has 0 bridgehead atoms. The number of carbonyl (C=O) groups is 2. The number of fused-ring (bicyclic) bond motifs is 1. The Bertz CT molecular complexity index is 1010. The minimum absolute atomic E-state index is 0.0155. The van der Waals surface area contributed by atoms with E-state index in [1.807, 2.05) is 36.5 Å². The van der Waals surface area contributed by atoms with Crippen molar-refractivity contribution in [3.8, 4) is 0 Å². The van der Waals surface area contributed by atoms with Crippen molar-refractivity contribution in [2.75, 3.05) is 13.1 Å². The van der Waals surface area contributed by atoms with Crippen molar-refractivity contribution < 1.29 is 9.59 Å².